The fourth-order valence-corrected chi connectivity index (χ4v) is 3.62. The maximum Gasteiger partial charge on any atom is 0.221 e. The molecule has 0 amide bonds. The van der Waals surface area contributed by atoms with Gasteiger partial charge in [-0.3, -0.25) is 0 Å². The molecule has 1 heterocycles. The maximum atomic E-state index is 5.92. The molecule has 3 nitrogen and oxygen atoms in total. The Morgan fingerprint density at radius 2 is 0.931 bits per heavy atom. The van der Waals surface area contributed by atoms with Gasteiger partial charge in [-0.05, 0) is 28.3 Å². The second-order valence-corrected chi connectivity index (χ2v) is 6.97. The summed E-state index contributed by atoms with van der Waals surface area (Å²) < 4.78 is 0. The number of nitrogens with zero attached hydrogens (tertiary/aromatic N) is 2. The van der Waals surface area contributed by atoms with Gasteiger partial charge in [0.05, 0.1) is 11.2 Å². The third-order valence-electron chi connectivity index (χ3n) is 5.10. The maximum absolute atomic E-state index is 5.92. The Morgan fingerprint density at radius 3 is 1.55 bits per heavy atom. The lowest BCUT2D eigenvalue weighted by molar-refractivity contribution is 1.24. The molecule has 138 valence electrons. The van der Waals surface area contributed by atoms with Crippen LogP contribution in [0.5, 0.6) is 0 Å². The molecule has 5 aromatic rings. The van der Waals surface area contributed by atoms with E-state index in [9.17, 15) is 0 Å². The number of hydrogen-bond donors (Lipinski definition) is 1. The number of para-hydroxylation sites is 1. The molecule has 0 bridgehead atoms. The van der Waals surface area contributed by atoms with E-state index in [0.29, 0.717) is 5.95 Å². The Kier molecular flexibility index (Phi) is 4.26. The molecule has 0 aliphatic rings. The van der Waals surface area contributed by atoms with Gasteiger partial charge in [0.15, 0.2) is 0 Å². The molecule has 2 N–H and O–H groups in total. The molecule has 0 aliphatic heterocycles. The van der Waals surface area contributed by atoms with Gasteiger partial charge in [0.1, 0.15) is 0 Å². The van der Waals surface area contributed by atoms with Crippen molar-refractivity contribution in [3.8, 4) is 33.5 Å². The Balaban J connectivity index is 1.48. The van der Waals surface area contributed by atoms with E-state index in [2.05, 4.69) is 82.8 Å². The minimum absolute atomic E-state index is 0.291. The Hall–Kier alpha value is -3.98. The highest BCUT2D eigenvalue weighted by Crippen LogP contribution is 2.30. The smallest absolute Gasteiger partial charge is 0.221 e. The highest BCUT2D eigenvalue weighted by atomic mass is 15.0. The predicted octanol–water partition coefficient (Wildman–Crippen LogP) is 6.21. The number of fused-ring (bicyclic) bond motifs is 1. The van der Waals surface area contributed by atoms with Crippen LogP contribution >= 0.6 is 0 Å². The Morgan fingerprint density at radius 1 is 0.448 bits per heavy atom. The molecule has 0 saturated heterocycles. The lowest BCUT2D eigenvalue weighted by Crippen LogP contribution is -1.97. The van der Waals surface area contributed by atoms with Gasteiger partial charge in [-0.2, -0.15) is 0 Å². The fourth-order valence-electron chi connectivity index (χ4n) is 3.62. The van der Waals surface area contributed by atoms with Crippen LogP contribution in [0.2, 0.25) is 0 Å². The third-order valence-corrected chi connectivity index (χ3v) is 5.10. The first kappa shape index (κ1) is 17.1. The predicted molar refractivity (Wildman–Crippen MR) is 120 cm³/mol. The normalized spacial score (nSPS) is 10.9. The van der Waals surface area contributed by atoms with E-state index < -0.39 is 0 Å². The summed E-state index contributed by atoms with van der Waals surface area (Å²) >= 11 is 0. The van der Waals surface area contributed by atoms with E-state index >= 15 is 0 Å². The molecule has 5 rings (SSSR count). The number of rotatable bonds is 3. The summed E-state index contributed by atoms with van der Waals surface area (Å²) in [6.45, 7) is 0. The average Bonchev–Trinajstić information content (AvgIpc) is 2.79. The van der Waals surface area contributed by atoms with Gasteiger partial charge >= 0.3 is 0 Å². The van der Waals surface area contributed by atoms with Crippen LogP contribution in [0.25, 0.3) is 44.4 Å². The van der Waals surface area contributed by atoms with Crippen molar-refractivity contribution in [1.82, 2.24) is 9.97 Å². The molecule has 0 unspecified atom stereocenters. The zero-order valence-electron chi connectivity index (χ0n) is 15.8. The highest BCUT2D eigenvalue weighted by molar-refractivity contribution is 5.93. The second kappa shape index (κ2) is 7.21. The van der Waals surface area contributed by atoms with Crippen molar-refractivity contribution in [3.63, 3.8) is 0 Å². The standard InChI is InChI=1S/C26H19N3/c27-26-28-24-9-5-4-8-23(24)25(29-26)22-16-14-21(15-17-22)20-12-10-19(11-13-20)18-6-2-1-3-7-18/h1-17H,(H2,27,28,29). The fraction of sp³-hybridized carbons (Fsp3) is 0. The van der Waals surface area contributed by atoms with Crippen LogP contribution in [0.3, 0.4) is 0 Å². The van der Waals surface area contributed by atoms with E-state index in [0.717, 1.165) is 22.2 Å². The highest BCUT2D eigenvalue weighted by Gasteiger charge is 2.09. The molecule has 0 spiro atoms. The Labute approximate surface area is 169 Å². The number of anilines is 1. The summed E-state index contributed by atoms with van der Waals surface area (Å²) in [7, 11) is 0. The molecule has 0 fully saturated rings. The van der Waals surface area contributed by atoms with Crippen molar-refractivity contribution in [2.75, 3.05) is 5.73 Å². The largest absolute Gasteiger partial charge is 0.368 e. The van der Waals surface area contributed by atoms with Crippen LogP contribution in [0, 0.1) is 0 Å². The van der Waals surface area contributed by atoms with Gasteiger partial charge in [-0.1, -0.05) is 97.1 Å². The van der Waals surface area contributed by atoms with Crippen molar-refractivity contribution in [1.29, 1.82) is 0 Å². The monoisotopic (exact) mass is 373 g/mol. The van der Waals surface area contributed by atoms with Crippen LogP contribution in [-0.2, 0) is 0 Å². The van der Waals surface area contributed by atoms with Crippen molar-refractivity contribution < 1.29 is 0 Å². The van der Waals surface area contributed by atoms with Crippen molar-refractivity contribution >= 4 is 16.9 Å². The lowest BCUT2D eigenvalue weighted by Gasteiger charge is -2.09. The van der Waals surface area contributed by atoms with Gasteiger partial charge in [-0.25, -0.2) is 9.97 Å². The number of hydrogen-bond acceptors (Lipinski definition) is 3. The first-order valence-corrected chi connectivity index (χ1v) is 9.56. The van der Waals surface area contributed by atoms with E-state index in [4.69, 9.17) is 5.73 Å². The number of benzene rings is 4. The summed E-state index contributed by atoms with van der Waals surface area (Å²) in [6.07, 6.45) is 0. The molecule has 0 saturated carbocycles. The van der Waals surface area contributed by atoms with Crippen LogP contribution in [0.4, 0.5) is 5.95 Å². The van der Waals surface area contributed by atoms with Gasteiger partial charge in [0.25, 0.3) is 0 Å². The quantitative estimate of drug-likeness (QED) is 0.409. The number of nitrogens with two attached hydrogens (primary N) is 1. The van der Waals surface area contributed by atoms with E-state index in [1.807, 2.05) is 30.3 Å². The zero-order valence-corrected chi connectivity index (χ0v) is 15.8. The van der Waals surface area contributed by atoms with Gasteiger partial charge in [-0.15, -0.1) is 0 Å². The average molecular weight is 373 g/mol. The van der Waals surface area contributed by atoms with Crippen LogP contribution < -0.4 is 5.73 Å². The molecule has 4 aromatic carbocycles. The van der Waals surface area contributed by atoms with Crippen LogP contribution in [0.15, 0.2) is 103 Å². The van der Waals surface area contributed by atoms with E-state index in [-0.39, 0.29) is 0 Å². The number of nitrogen functional groups attached to an aromatic ring is 1. The third kappa shape index (κ3) is 3.34. The molecule has 1 aromatic heterocycles. The van der Waals surface area contributed by atoms with Crippen LogP contribution in [0.1, 0.15) is 0 Å². The summed E-state index contributed by atoms with van der Waals surface area (Å²) in [5, 5.41) is 1.00. The van der Waals surface area contributed by atoms with E-state index in [1.165, 1.54) is 22.3 Å². The summed E-state index contributed by atoms with van der Waals surface area (Å²) in [4.78, 5) is 8.81. The minimum atomic E-state index is 0.291. The van der Waals surface area contributed by atoms with E-state index in [1.54, 1.807) is 0 Å². The van der Waals surface area contributed by atoms with Crippen molar-refractivity contribution in [3.05, 3.63) is 103 Å². The first-order chi connectivity index (χ1) is 14.3. The molecular weight excluding hydrogens is 354 g/mol. The Bertz CT molecular complexity index is 1280. The first-order valence-electron chi connectivity index (χ1n) is 9.56. The van der Waals surface area contributed by atoms with Crippen LogP contribution in [-0.4, -0.2) is 9.97 Å². The SMILES string of the molecule is Nc1nc(-c2ccc(-c3ccc(-c4ccccc4)cc3)cc2)c2ccccc2n1. The molecule has 0 radical (unpaired) electrons. The summed E-state index contributed by atoms with van der Waals surface area (Å²) in [5.41, 5.74) is 13.5. The number of aromatic nitrogens is 2. The van der Waals surface area contributed by atoms with Gasteiger partial charge in [0, 0.05) is 10.9 Å². The lowest BCUT2D eigenvalue weighted by atomic mass is 9.98. The van der Waals surface area contributed by atoms with Crippen molar-refractivity contribution in [2.24, 2.45) is 0 Å². The molecule has 0 aliphatic carbocycles. The second-order valence-electron chi connectivity index (χ2n) is 6.97. The summed E-state index contributed by atoms with van der Waals surface area (Å²) in [5.74, 6) is 0.291. The molecule has 29 heavy (non-hydrogen) atoms. The topological polar surface area (TPSA) is 51.8 Å². The molecule has 3 heteroatoms. The zero-order chi connectivity index (χ0) is 19.6. The minimum Gasteiger partial charge on any atom is -0.368 e. The summed E-state index contributed by atoms with van der Waals surface area (Å²) in [6, 6.07) is 35.4. The van der Waals surface area contributed by atoms with Crippen molar-refractivity contribution in [2.45, 2.75) is 0 Å². The molecular formula is C26H19N3. The molecule has 0 atom stereocenters. The van der Waals surface area contributed by atoms with Gasteiger partial charge < -0.3 is 5.73 Å². The van der Waals surface area contributed by atoms with Gasteiger partial charge in [0.2, 0.25) is 5.95 Å².